The first kappa shape index (κ1) is 53.1. The largest absolute Gasteiger partial charge is 0.298 e. The van der Waals surface area contributed by atoms with Crippen LogP contribution < -0.4 is 0 Å². The number of hydrogen-bond acceptors (Lipinski definition) is 13. The summed E-state index contributed by atoms with van der Waals surface area (Å²) in [6.07, 6.45) is 17.6. The highest BCUT2D eigenvalue weighted by molar-refractivity contribution is 5.66. The first-order valence-electron chi connectivity index (χ1n) is 24.7. The Morgan fingerprint density at radius 1 is 0.329 bits per heavy atom. The van der Waals surface area contributed by atoms with E-state index in [1.54, 1.807) is 0 Å². The van der Waals surface area contributed by atoms with Crippen molar-refractivity contribution in [2.75, 3.05) is 58.9 Å². The minimum Gasteiger partial charge on any atom is -0.298 e. The van der Waals surface area contributed by atoms with Gasteiger partial charge in [-0.05, 0) is 72.8 Å². The van der Waals surface area contributed by atoms with Gasteiger partial charge in [-0.25, -0.2) is 0 Å². The monoisotopic (exact) mass is 942 g/mol. The summed E-state index contributed by atoms with van der Waals surface area (Å²) in [5.74, 6) is 0. The quantitative estimate of drug-likeness (QED) is 0.0404. The summed E-state index contributed by atoms with van der Waals surface area (Å²) in [7, 11) is 0. The lowest BCUT2D eigenvalue weighted by Gasteiger charge is -2.30. The molecular formula is C57H75N13. The van der Waals surface area contributed by atoms with Gasteiger partial charge in [0.15, 0.2) is 0 Å². The van der Waals surface area contributed by atoms with Gasteiger partial charge < -0.3 is 0 Å². The molecule has 6 aromatic heterocycles. The average molecular weight is 942 g/mol. The Hall–Kier alpha value is -6.25. The van der Waals surface area contributed by atoms with E-state index < -0.39 is 0 Å². The van der Waals surface area contributed by atoms with Crippen LogP contribution in [0.15, 0.2) is 161 Å². The van der Waals surface area contributed by atoms with Gasteiger partial charge in [0.25, 0.3) is 0 Å². The van der Waals surface area contributed by atoms with Crippen LogP contribution in [0.1, 0.15) is 75.7 Å². The van der Waals surface area contributed by atoms with Crippen LogP contribution in [0.5, 0.6) is 0 Å². The van der Waals surface area contributed by atoms with Crippen molar-refractivity contribution < 1.29 is 0 Å². The third-order valence-electron chi connectivity index (χ3n) is 11.5. The van der Waals surface area contributed by atoms with E-state index in [2.05, 4.69) is 146 Å². The maximum absolute atomic E-state index is 5.05. The average Bonchev–Trinajstić information content (AvgIpc) is 3.34. The first-order chi connectivity index (χ1) is 33.9. The lowest BCUT2D eigenvalue weighted by atomic mass is 9.94. The van der Waals surface area contributed by atoms with E-state index >= 15 is 0 Å². The number of aromatic nitrogens is 6. The first-order valence-corrected chi connectivity index (χ1v) is 24.7. The van der Waals surface area contributed by atoms with E-state index in [0.717, 1.165) is 113 Å². The van der Waals surface area contributed by atoms with Crippen LogP contribution in [0, 0.1) is 16.2 Å². The van der Waals surface area contributed by atoms with Crippen LogP contribution in [0.25, 0.3) is 0 Å². The van der Waals surface area contributed by atoms with Gasteiger partial charge in [0.05, 0.1) is 53.8 Å². The standard InChI is InChI=1S/C57H75N13/c1-55(2,46-68(37-49-19-7-13-25-61-49)38-50-20-8-14-26-62-50)43-58-31-34-67(35-32-59-44-56(3,4)47-69(39-51-21-9-15-27-63-51)40-52-22-10-16-28-64-52)36-33-60-45-57(5,6)48-70(41-53-23-11-17-29-65-53)42-54-24-12-18-30-66-54/h7-30,43-45H,31-42,46-48H2,1-6H3. The smallest absolute Gasteiger partial charge is 0.0544 e. The highest BCUT2D eigenvalue weighted by Gasteiger charge is 2.24. The van der Waals surface area contributed by atoms with Crippen molar-refractivity contribution >= 4 is 18.6 Å². The predicted octanol–water partition coefficient (Wildman–Crippen LogP) is 9.06. The second-order valence-corrected chi connectivity index (χ2v) is 20.3. The Bertz CT molecular complexity index is 2020. The number of aliphatic imine (C=N–C) groups is 3. The van der Waals surface area contributed by atoms with Crippen LogP contribution >= 0.6 is 0 Å². The Balaban J connectivity index is 1.09. The van der Waals surface area contributed by atoms with E-state index in [9.17, 15) is 0 Å². The van der Waals surface area contributed by atoms with Crippen LogP contribution in [0.2, 0.25) is 0 Å². The molecule has 0 unspecified atom stereocenters. The molecule has 0 N–H and O–H groups in total. The molecule has 0 atom stereocenters. The van der Waals surface area contributed by atoms with Gasteiger partial charge in [0, 0.05) is 151 Å². The third kappa shape index (κ3) is 20.8. The Kier molecular flexibility index (Phi) is 21.1. The molecule has 0 amide bonds. The van der Waals surface area contributed by atoms with Crippen molar-refractivity contribution in [1.29, 1.82) is 0 Å². The van der Waals surface area contributed by atoms with Gasteiger partial charge in [0.2, 0.25) is 0 Å². The highest BCUT2D eigenvalue weighted by Crippen LogP contribution is 2.21. The molecule has 0 aliphatic heterocycles. The number of hydrogen-bond donors (Lipinski definition) is 0. The van der Waals surface area contributed by atoms with Gasteiger partial charge in [-0.2, -0.15) is 0 Å². The summed E-state index contributed by atoms with van der Waals surface area (Å²) in [4.78, 5) is 52.6. The van der Waals surface area contributed by atoms with Gasteiger partial charge in [0.1, 0.15) is 0 Å². The molecule has 70 heavy (non-hydrogen) atoms. The minimum atomic E-state index is -0.178. The maximum atomic E-state index is 5.05. The Morgan fingerprint density at radius 2 is 0.543 bits per heavy atom. The minimum absolute atomic E-state index is 0.178. The SMILES string of the molecule is CC(C)(C=NCCN(CCN=CC(C)(C)CN(Cc1ccccn1)Cc1ccccn1)CCN=CC(C)(C)CN(Cc1ccccn1)Cc1ccccn1)CN(Cc1ccccn1)Cc1ccccn1. The summed E-state index contributed by atoms with van der Waals surface area (Å²) in [5, 5.41) is 0. The normalized spacial score (nSPS) is 12.8. The van der Waals surface area contributed by atoms with Gasteiger partial charge in [-0.15, -0.1) is 0 Å². The van der Waals surface area contributed by atoms with E-state index in [1.807, 2.05) is 110 Å². The van der Waals surface area contributed by atoms with Crippen molar-refractivity contribution in [3.05, 3.63) is 181 Å². The van der Waals surface area contributed by atoms with Crippen LogP contribution in [0.3, 0.4) is 0 Å². The summed E-state index contributed by atoms with van der Waals surface area (Å²) >= 11 is 0. The molecule has 6 rings (SSSR count). The molecule has 0 fully saturated rings. The molecule has 6 heterocycles. The predicted molar refractivity (Wildman–Crippen MR) is 286 cm³/mol. The molecule has 6 aromatic rings. The fraction of sp³-hybridized carbons (Fsp3) is 0.421. The third-order valence-corrected chi connectivity index (χ3v) is 11.5. The zero-order chi connectivity index (χ0) is 49.3. The summed E-state index contributed by atoms with van der Waals surface area (Å²) < 4.78 is 0. The van der Waals surface area contributed by atoms with Crippen LogP contribution in [0.4, 0.5) is 0 Å². The molecule has 0 radical (unpaired) electrons. The second kappa shape index (κ2) is 27.8. The molecule has 0 aromatic carbocycles. The molecule has 13 nitrogen and oxygen atoms in total. The van der Waals surface area contributed by atoms with Crippen molar-refractivity contribution in [3.63, 3.8) is 0 Å². The maximum Gasteiger partial charge on any atom is 0.0544 e. The van der Waals surface area contributed by atoms with E-state index in [-0.39, 0.29) is 16.2 Å². The number of nitrogens with zero attached hydrogens (tertiary/aromatic N) is 13. The van der Waals surface area contributed by atoms with E-state index in [4.69, 9.17) is 15.0 Å². The van der Waals surface area contributed by atoms with Crippen molar-refractivity contribution in [3.8, 4) is 0 Å². The molecule has 368 valence electrons. The van der Waals surface area contributed by atoms with Crippen molar-refractivity contribution in [1.82, 2.24) is 49.5 Å². The number of pyridine rings is 6. The van der Waals surface area contributed by atoms with Crippen LogP contribution in [-0.4, -0.2) is 127 Å². The Labute approximate surface area is 418 Å². The van der Waals surface area contributed by atoms with Gasteiger partial charge in [-0.1, -0.05) is 77.9 Å². The van der Waals surface area contributed by atoms with E-state index in [1.165, 1.54) is 0 Å². The topological polar surface area (TPSA) is 127 Å². The lowest BCUT2D eigenvalue weighted by molar-refractivity contribution is 0.201. The summed E-state index contributed by atoms with van der Waals surface area (Å²) in [6.45, 7) is 24.8. The summed E-state index contributed by atoms with van der Waals surface area (Å²) in [6, 6.07) is 36.6. The molecule has 0 aliphatic carbocycles. The Morgan fingerprint density at radius 3 is 0.729 bits per heavy atom. The molecule has 0 aliphatic rings. The molecular weight excluding hydrogens is 867 g/mol. The molecule has 0 spiro atoms. The molecule has 0 saturated heterocycles. The van der Waals surface area contributed by atoms with Crippen molar-refractivity contribution in [2.24, 2.45) is 31.2 Å². The molecule has 0 bridgehead atoms. The molecule has 0 saturated carbocycles. The molecule has 13 heteroatoms. The summed E-state index contributed by atoms with van der Waals surface area (Å²) in [5.41, 5.74) is 5.70. The van der Waals surface area contributed by atoms with E-state index in [0.29, 0.717) is 19.6 Å². The zero-order valence-electron chi connectivity index (χ0n) is 42.5. The van der Waals surface area contributed by atoms with Crippen molar-refractivity contribution in [2.45, 2.75) is 80.8 Å². The lowest BCUT2D eigenvalue weighted by Crippen LogP contribution is -2.36. The second-order valence-electron chi connectivity index (χ2n) is 20.3. The number of rotatable bonds is 30. The van der Waals surface area contributed by atoms with Gasteiger partial charge >= 0.3 is 0 Å². The van der Waals surface area contributed by atoms with Gasteiger partial charge in [-0.3, -0.25) is 64.5 Å². The zero-order valence-corrected chi connectivity index (χ0v) is 42.5. The van der Waals surface area contributed by atoms with Crippen LogP contribution in [-0.2, 0) is 39.3 Å². The highest BCUT2D eigenvalue weighted by atomic mass is 15.2. The fourth-order valence-electron chi connectivity index (χ4n) is 8.55. The fourth-order valence-corrected chi connectivity index (χ4v) is 8.55.